The molecule has 4 nitrogen and oxygen atoms in total. The number of carbonyl (C=O) groups excluding carboxylic acids is 2. The van der Waals surface area contributed by atoms with Crippen molar-refractivity contribution in [1.82, 2.24) is 4.90 Å². The second kappa shape index (κ2) is 6.34. The van der Waals surface area contributed by atoms with Crippen LogP contribution in [0, 0.1) is 18.7 Å². The maximum absolute atomic E-state index is 14.2. The van der Waals surface area contributed by atoms with E-state index in [0.717, 1.165) is 24.0 Å². The van der Waals surface area contributed by atoms with Gasteiger partial charge < -0.3 is 9.80 Å². The third-order valence-corrected chi connectivity index (χ3v) is 7.19. The number of anilines is 1. The van der Waals surface area contributed by atoms with Crippen molar-refractivity contribution in [2.75, 3.05) is 17.2 Å². The Morgan fingerprint density at radius 1 is 1.25 bits per heavy atom. The first kappa shape index (κ1) is 17.7. The second-order valence-electron chi connectivity index (χ2n) is 7.80. The fraction of sp³-hybridized carbons (Fsp3) is 0.364. The van der Waals surface area contributed by atoms with E-state index in [-0.39, 0.29) is 23.5 Å². The van der Waals surface area contributed by atoms with E-state index >= 15 is 0 Å². The van der Waals surface area contributed by atoms with E-state index in [2.05, 4.69) is 6.07 Å². The lowest BCUT2D eigenvalue weighted by molar-refractivity contribution is -0.141. The largest absolute Gasteiger partial charge is 0.315 e. The molecule has 2 aliphatic heterocycles. The van der Waals surface area contributed by atoms with Crippen LogP contribution in [0.2, 0.25) is 0 Å². The standard InChI is InChI=1S/C22H21FN2O2S/c1-14-3-2-4-15(11-14)13-24-19-8-7-17(23)12-18(19)22(21(24)27)25(9-10-28-22)20(26)16-5-6-16/h2-4,7-8,11-12,16H,5-6,9-10,13H2,1H3/t22-/m0/s1. The van der Waals surface area contributed by atoms with E-state index in [1.54, 1.807) is 15.9 Å². The Morgan fingerprint density at radius 3 is 2.82 bits per heavy atom. The lowest BCUT2D eigenvalue weighted by Crippen LogP contribution is -2.50. The van der Waals surface area contributed by atoms with Gasteiger partial charge in [0.05, 0.1) is 12.2 Å². The Balaban J connectivity index is 1.60. The molecule has 5 rings (SSSR count). The monoisotopic (exact) mass is 396 g/mol. The van der Waals surface area contributed by atoms with Crippen molar-refractivity contribution >= 4 is 29.3 Å². The number of benzene rings is 2. The summed E-state index contributed by atoms with van der Waals surface area (Å²) >= 11 is 1.46. The number of fused-ring (bicyclic) bond motifs is 2. The molecule has 28 heavy (non-hydrogen) atoms. The average molecular weight is 396 g/mol. The number of hydrogen-bond donors (Lipinski definition) is 0. The molecule has 3 aliphatic rings. The highest BCUT2D eigenvalue weighted by molar-refractivity contribution is 8.01. The molecule has 2 fully saturated rings. The van der Waals surface area contributed by atoms with E-state index in [9.17, 15) is 14.0 Å². The molecular weight excluding hydrogens is 375 g/mol. The van der Waals surface area contributed by atoms with E-state index in [1.807, 2.05) is 25.1 Å². The zero-order chi connectivity index (χ0) is 19.5. The predicted molar refractivity (Wildman–Crippen MR) is 107 cm³/mol. The van der Waals surface area contributed by atoms with E-state index in [4.69, 9.17) is 0 Å². The summed E-state index contributed by atoms with van der Waals surface area (Å²) in [5.41, 5.74) is 3.46. The zero-order valence-electron chi connectivity index (χ0n) is 15.7. The van der Waals surface area contributed by atoms with Gasteiger partial charge >= 0.3 is 0 Å². The van der Waals surface area contributed by atoms with Gasteiger partial charge in [-0.1, -0.05) is 29.8 Å². The maximum Gasteiger partial charge on any atom is 0.268 e. The van der Waals surface area contributed by atoms with Gasteiger partial charge in [-0.05, 0) is 43.5 Å². The quantitative estimate of drug-likeness (QED) is 0.792. The Morgan fingerprint density at radius 2 is 2.07 bits per heavy atom. The molecular formula is C22H21FN2O2S. The molecule has 2 heterocycles. The molecule has 1 aliphatic carbocycles. The van der Waals surface area contributed by atoms with Crippen molar-refractivity contribution in [2.24, 2.45) is 5.92 Å². The van der Waals surface area contributed by atoms with Crippen LogP contribution in [0.25, 0.3) is 0 Å². The molecule has 2 aromatic rings. The average Bonchev–Trinajstić information content (AvgIpc) is 3.39. The van der Waals surface area contributed by atoms with Crippen LogP contribution in [0.5, 0.6) is 0 Å². The van der Waals surface area contributed by atoms with Gasteiger partial charge in [0, 0.05) is 23.8 Å². The number of thioether (sulfide) groups is 1. The number of halogens is 1. The van der Waals surface area contributed by atoms with Crippen LogP contribution in [-0.2, 0) is 21.0 Å². The Bertz CT molecular complexity index is 990. The molecule has 1 spiro atoms. The van der Waals surface area contributed by atoms with E-state index in [0.29, 0.717) is 30.1 Å². The Labute approximate surface area is 167 Å². The summed E-state index contributed by atoms with van der Waals surface area (Å²) in [6, 6.07) is 12.5. The first-order valence-corrected chi connectivity index (χ1v) is 10.6. The highest BCUT2D eigenvalue weighted by Crippen LogP contribution is 2.55. The minimum absolute atomic E-state index is 0.0196. The minimum Gasteiger partial charge on any atom is -0.315 e. The van der Waals surface area contributed by atoms with E-state index < -0.39 is 4.87 Å². The number of carbonyl (C=O) groups is 2. The molecule has 1 saturated heterocycles. The van der Waals surface area contributed by atoms with Gasteiger partial charge in [0.15, 0.2) is 4.87 Å². The molecule has 2 amide bonds. The molecule has 0 bridgehead atoms. The van der Waals surface area contributed by atoms with Gasteiger partial charge in [0.2, 0.25) is 5.91 Å². The summed E-state index contributed by atoms with van der Waals surface area (Å²) in [6.07, 6.45) is 1.76. The van der Waals surface area contributed by atoms with Crippen molar-refractivity contribution in [3.63, 3.8) is 0 Å². The molecule has 6 heteroatoms. The summed E-state index contributed by atoms with van der Waals surface area (Å²) in [4.78, 5) is 29.0. The fourth-order valence-electron chi connectivity index (χ4n) is 4.31. The van der Waals surface area contributed by atoms with Crippen LogP contribution in [-0.4, -0.2) is 29.0 Å². The molecule has 0 aromatic heterocycles. The molecule has 0 radical (unpaired) electrons. The molecule has 1 saturated carbocycles. The number of amides is 2. The SMILES string of the molecule is Cc1cccc(CN2C(=O)[C@@]3(SCCN3C(=O)C3CC3)c3cc(F)ccc32)c1. The minimum atomic E-state index is -1.12. The third kappa shape index (κ3) is 2.58. The number of aryl methyl sites for hydroxylation is 1. The normalized spacial score (nSPS) is 23.6. The van der Waals surface area contributed by atoms with Crippen molar-refractivity contribution in [3.05, 3.63) is 65.0 Å². The van der Waals surface area contributed by atoms with Gasteiger partial charge in [-0.15, -0.1) is 11.8 Å². The second-order valence-corrected chi connectivity index (χ2v) is 9.09. The lowest BCUT2D eigenvalue weighted by Gasteiger charge is -2.33. The predicted octanol–water partition coefficient (Wildman–Crippen LogP) is 3.82. The van der Waals surface area contributed by atoms with Crippen LogP contribution >= 0.6 is 11.8 Å². The first-order chi connectivity index (χ1) is 13.5. The van der Waals surface area contributed by atoms with Crippen molar-refractivity contribution < 1.29 is 14.0 Å². The van der Waals surface area contributed by atoms with E-state index in [1.165, 1.54) is 23.9 Å². The zero-order valence-corrected chi connectivity index (χ0v) is 16.5. The van der Waals surface area contributed by atoms with Crippen molar-refractivity contribution in [3.8, 4) is 0 Å². The lowest BCUT2D eigenvalue weighted by atomic mass is 10.0. The van der Waals surface area contributed by atoms with Crippen LogP contribution in [0.1, 0.15) is 29.5 Å². The molecule has 0 N–H and O–H groups in total. The van der Waals surface area contributed by atoms with Crippen LogP contribution in [0.4, 0.5) is 10.1 Å². The van der Waals surface area contributed by atoms with Gasteiger partial charge in [0.1, 0.15) is 5.82 Å². The Hall–Kier alpha value is -2.34. The summed E-state index contributed by atoms with van der Waals surface area (Å²) in [6.45, 7) is 2.95. The van der Waals surface area contributed by atoms with Crippen LogP contribution < -0.4 is 4.90 Å². The van der Waals surface area contributed by atoms with Crippen LogP contribution in [0.15, 0.2) is 42.5 Å². The topological polar surface area (TPSA) is 40.6 Å². The molecule has 1 atom stereocenters. The van der Waals surface area contributed by atoms with Gasteiger partial charge in [-0.3, -0.25) is 9.59 Å². The van der Waals surface area contributed by atoms with Gasteiger partial charge in [0.25, 0.3) is 5.91 Å². The molecule has 144 valence electrons. The molecule has 0 unspecified atom stereocenters. The number of hydrogen-bond acceptors (Lipinski definition) is 3. The maximum atomic E-state index is 14.2. The van der Waals surface area contributed by atoms with Crippen molar-refractivity contribution in [2.45, 2.75) is 31.2 Å². The smallest absolute Gasteiger partial charge is 0.268 e. The summed E-state index contributed by atoms with van der Waals surface area (Å²) in [5.74, 6) is 0.219. The summed E-state index contributed by atoms with van der Waals surface area (Å²) in [5, 5.41) is 0. The fourth-order valence-corrected chi connectivity index (χ4v) is 5.77. The van der Waals surface area contributed by atoms with Crippen LogP contribution in [0.3, 0.4) is 0 Å². The summed E-state index contributed by atoms with van der Waals surface area (Å²) in [7, 11) is 0. The summed E-state index contributed by atoms with van der Waals surface area (Å²) < 4.78 is 14.2. The van der Waals surface area contributed by atoms with Gasteiger partial charge in [-0.2, -0.15) is 0 Å². The highest BCUT2D eigenvalue weighted by Gasteiger charge is 2.60. The molecule has 2 aromatic carbocycles. The van der Waals surface area contributed by atoms with Gasteiger partial charge in [-0.25, -0.2) is 4.39 Å². The Kier molecular flexibility index (Phi) is 4.02. The number of nitrogens with zero attached hydrogens (tertiary/aromatic N) is 2. The third-order valence-electron chi connectivity index (χ3n) is 5.77. The highest BCUT2D eigenvalue weighted by atomic mass is 32.2. The van der Waals surface area contributed by atoms with Crippen molar-refractivity contribution in [1.29, 1.82) is 0 Å². The first-order valence-electron chi connectivity index (χ1n) is 9.64. The number of rotatable bonds is 3.